The lowest BCUT2D eigenvalue weighted by Gasteiger charge is -2.34. The lowest BCUT2D eigenvalue weighted by molar-refractivity contribution is -0.125. The Labute approximate surface area is 85.3 Å². The van der Waals surface area contributed by atoms with E-state index in [1.165, 1.54) is 0 Å². The van der Waals surface area contributed by atoms with Crippen molar-refractivity contribution in [3.63, 3.8) is 0 Å². The van der Waals surface area contributed by atoms with Gasteiger partial charge >= 0.3 is 0 Å². The van der Waals surface area contributed by atoms with E-state index < -0.39 is 6.10 Å². The van der Waals surface area contributed by atoms with E-state index in [9.17, 15) is 9.90 Å². The summed E-state index contributed by atoms with van der Waals surface area (Å²) in [5.41, 5.74) is 1.64. The van der Waals surface area contributed by atoms with Crippen LogP contribution in [-0.2, 0) is 4.79 Å². The Morgan fingerprint density at radius 1 is 1.50 bits per heavy atom. The summed E-state index contributed by atoms with van der Waals surface area (Å²) >= 11 is 0. The van der Waals surface area contributed by atoms with E-state index in [4.69, 9.17) is 0 Å². The van der Waals surface area contributed by atoms with Crippen molar-refractivity contribution < 1.29 is 9.90 Å². The van der Waals surface area contributed by atoms with Gasteiger partial charge in [0.2, 0.25) is 0 Å². The fraction of sp³-hybridized carbons (Fsp3) is 0.583. The molecule has 1 atom stereocenters. The molecular formula is C12H18O2. The van der Waals surface area contributed by atoms with Crippen LogP contribution in [0.1, 0.15) is 34.1 Å². The number of carbonyl (C=O) groups excluding carboxylic acids is 1. The van der Waals surface area contributed by atoms with Crippen LogP contribution in [-0.4, -0.2) is 17.0 Å². The number of rotatable bonds is 1. The quantitative estimate of drug-likeness (QED) is 0.695. The Morgan fingerprint density at radius 2 is 2.07 bits per heavy atom. The van der Waals surface area contributed by atoms with Gasteiger partial charge in [-0.3, -0.25) is 4.79 Å². The molecule has 0 fully saturated rings. The molecule has 0 spiro atoms. The van der Waals surface area contributed by atoms with Gasteiger partial charge in [0.25, 0.3) is 0 Å². The third-order valence-electron chi connectivity index (χ3n) is 2.84. The second-order valence-corrected chi connectivity index (χ2v) is 4.51. The maximum atomic E-state index is 11.6. The van der Waals surface area contributed by atoms with Gasteiger partial charge in [-0.1, -0.05) is 26.0 Å². The minimum atomic E-state index is -0.820. The maximum absolute atomic E-state index is 11.6. The minimum Gasteiger partial charge on any atom is -0.385 e. The summed E-state index contributed by atoms with van der Waals surface area (Å²) in [6.07, 6.45) is 3.60. The van der Waals surface area contributed by atoms with E-state index in [2.05, 4.69) is 13.8 Å². The molecule has 0 saturated heterocycles. The van der Waals surface area contributed by atoms with Crippen molar-refractivity contribution in [2.24, 2.45) is 5.41 Å². The molecule has 14 heavy (non-hydrogen) atoms. The topological polar surface area (TPSA) is 37.3 Å². The number of aliphatic hydroxyl groups excluding tert-OH is 1. The Kier molecular flexibility index (Phi) is 2.95. The monoisotopic (exact) mass is 194 g/mol. The summed E-state index contributed by atoms with van der Waals surface area (Å²) in [5, 5.41) is 9.56. The first-order valence-corrected chi connectivity index (χ1v) is 4.96. The predicted molar refractivity (Wildman–Crippen MR) is 56.9 cm³/mol. The maximum Gasteiger partial charge on any atom is 0.187 e. The summed E-state index contributed by atoms with van der Waals surface area (Å²) < 4.78 is 0. The molecule has 2 nitrogen and oxygen atoms in total. The van der Waals surface area contributed by atoms with Gasteiger partial charge in [-0.2, -0.15) is 0 Å². The zero-order valence-electron chi connectivity index (χ0n) is 9.29. The van der Waals surface area contributed by atoms with E-state index >= 15 is 0 Å². The first kappa shape index (κ1) is 11.2. The third-order valence-corrected chi connectivity index (χ3v) is 2.84. The van der Waals surface area contributed by atoms with Crippen LogP contribution in [0.5, 0.6) is 0 Å². The molecule has 78 valence electrons. The van der Waals surface area contributed by atoms with Gasteiger partial charge in [-0.25, -0.2) is 0 Å². The zero-order chi connectivity index (χ0) is 10.9. The molecule has 1 N–H and O–H groups in total. The van der Waals surface area contributed by atoms with Crippen LogP contribution in [0.4, 0.5) is 0 Å². The molecule has 0 saturated carbocycles. The number of allylic oxidation sites excluding steroid dienone is 3. The second kappa shape index (κ2) is 3.70. The van der Waals surface area contributed by atoms with E-state index in [0.717, 1.165) is 5.57 Å². The highest BCUT2D eigenvalue weighted by atomic mass is 16.3. The predicted octanol–water partition coefficient (Wildman–Crippen LogP) is 2.24. The van der Waals surface area contributed by atoms with Crippen LogP contribution < -0.4 is 0 Å². The highest BCUT2D eigenvalue weighted by Gasteiger charge is 2.36. The number of aliphatic hydroxyl groups is 1. The van der Waals surface area contributed by atoms with Crippen molar-refractivity contribution >= 4 is 5.78 Å². The SMILES string of the molecule is C/C=C/C1=C(C)C(=O)[C@@H](O)CC1(C)C. The lowest BCUT2D eigenvalue weighted by atomic mass is 9.71. The number of hydrogen-bond donors (Lipinski definition) is 1. The van der Waals surface area contributed by atoms with Gasteiger partial charge in [-0.15, -0.1) is 0 Å². The molecule has 0 amide bonds. The van der Waals surface area contributed by atoms with Gasteiger partial charge in [-0.05, 0) is 36.8 Å². The van der Waals surface area contributed by atoms with Gasteiger partial charge in [0.05, 0.1) is 0 Å². The molecule has 0 aromatic heterocycles. The lowest BCUT2D eigenvalue weighted by Crippen LogP contribution is -2.35. The smallest absolute Gasteiger partial charge is 0.187 e. The number of carbonyl (C=O) groups is 1. The summed E-state index contributed by atoms with van der Waals surface area (Å²) in [6.45, 7) is 7.84. The van der Waals surface area contributed by atoms with Crippen molar-refractivity contribution in [1.29, 1.82) is 0 Å². The van der Waals surface area contributed by atoms with E-state index in [0.29, 0.717) is 12.0 Å². The second-order valence-electron chi connectivity index (χ2n) is 4.51. The fourth-order valence-electron chi connectivity index (χ4n) is 2.09. The van der Waals surface area contributed by atoms with Gasteiger partial charge in [0, 0.05) is 0 Å². The highest BCUT2D eigenvalue weighted by molar-refractivity contribution is 6.00. The van der Waals surface area contributed by atoms with Crippen molar-refractivity contribution in [3.8, 4) is 0 Å². The highest BCUT2D eigenvalue weighted by Crippen LogP contribution is 2.39. The molecule has 1 aliphatic carbocycles. The zero-order valence-corrected chi connectivity index (χ0v) is 9.29. The van der Waals surface area contributed by atoms with Crippen molar-refractivity contribution in [1.82, 2.24) is 0 Å². The van der Waals surface area contributed by atoms with Crippen LogP contribution in [0.15, 0.2) is 23.3 Å². The molecule has 0 unspecified atom stereocenters. The van der Waals surface area contributed by atoms with Crippen LogP contribution >= 0.6 is 0 Å². The van der Waals surface area contributed by atoms with E-state index in [1.807, 2.05) is 19.1 Å². The molecule has 1 rings (SSSR count). The first-order chi connectivity index (χ1) is 6.40. The minimum absolute atomic E-state index is 0.107. The summed E-state index contributed by atoms with van der Waals surface area (Å²) in [7, 11) is 0. The van der Waals surface area contributed by atoms with Crippen LogP contribution in [0.25, 0.3) is 0 Å². The Hall–Kier alpha value is -0.890. The fourth-order valence-corrected chi connectivity index (χ4v) is 2.09. The van der Waals surface area contributed by atoms with Crippen molar-refractivity contribution in [2.75, 3.05) is 0 Å². The summed E-state index contributed by atoms with van der Waals surface area (Å²) in [4.78, 5) is 11.6. The molecule has 0 radical (unpaired) electrons. The van der Waals surface area contributed by atoms with E-state index in [-0.39, 0.29) is 11.2 Å². The summed E-state index contributed by atoms with van der Waals surface area (Å²) in [6, 6.07) is 0. The normalized spacial score (nSPS) is 27.5. The largest absolute Gasteiger partial charge is 0.385 e. The van der Waals surface area contributed by atoms with Gasteiger partial charge in [0.1, 0.15) is 6.10 Å². The van der Waals surface area contributed by atoms with Crippen LogP contribution in [0.3, 0.4) is 0 Å². The van der Waals surface area contributed by atoms with Crippen LogP contribution in [0.2, 0.25) is 0 Å². The molecule has 0 aromatic rings. The van der Waals surface area contributed by atoms with Crippen LogP contribution in [0, 0.1) is 5.41 Å². The number of ketones is 1. The summed E-state index contributed by atoms with van der Waals surface area (Å²) in [5.74, 6) is -0.127. The average molecular weight is 194 g/mol. The molecule has 1 aliphatic rings. The molecule has 0 heterocycles. The molecule has 0 aliphatic heterocycles. The Bertz CT molecular complexity index is 308. The van der Waals surface area contributed by atoms with Crippen molar-refractivity contribution in [2.45, 2.75) is 40.2 Å². The average Bonchev–Trinajstić information content (AvgIpc) is 2.08. The number of hydrogen-bond acceptors (Lipinski definition) is 2. The third kappa shape index (κ3) is 1.80. The number of Topliss-reactive ketones (excluding diaryl/α,β-unsaturated/α-hetero) is 1. The molecule has 0 aromatic carbocycles. The van der Waals surface area contributed by atoms with Gasteiger partial charge in [0.15, 0.2) is 5.78 Å². The molecular weight excluding hydrogens is 176 g/mol. The Morgan fingerprint density at radius 3 is 2.57 bits per heavy atom. The standard InChI is InChI=1S/C12H18O2/c1-5-6-9-8(2)11(14)10(13)7-12(9,3)4/h5-6,10,13H,7H2,1-4H3/b6-5+/t10-/m0/s1. The molecule has 0 bridgehead atoms. The van der Waals surface area contributed by atoms with Crippen molar-refractivity contribution in [3.05, 3.63) is 23.3 Å². The van der Waals surface area contributed by atoms with E-state index in [1.54, 1.807) is 6.92 Å². The first-order valence-electron chi connectivity index (χ1n) is 4.96. The molecule has 2 heteroatoms. The Balaban J connectivity index is 3.23. The van der Waals surface area contributed by atoms with Gasteiger partial charge < -0.3 is 5.11 Å².